The molecule has 0 saturated heterocycles. The lowest BCUT2D eigenvalue weighted by atomic mass is 10.2. The maximum absolute atomic E-state index is 12.4. The van der Waals surface area contributed by atoms with Crippen LogP contribution in [0.5, 0.6) is 0 Å². The molecule has 0 bridgehead atoms. The highest BCUT2D eigenvalue weighted by molar-refractivity contribution is 6.36. The van der Waals surface area contributed by atoms with Gasteiger partial charge in [-0.2, -0.15) is 10.5 Å². The Labute approximate surface area is 124 Å². The molecule has 0 aliphatic carbocycles. The summed E-state index contributed by atoms with van der Waals surface area (Å²) in [7, 11) is 0. The van der Waals surface area contributed by atoms with Gasteiger partial charge >= 0.3 is 0 Å². The highest BCUT2D eigenvalue weighted by Crippen LogP contribution is 2.22. The minimum Gasteiger partial charge on any atom is -0.207 e. The molecule has 0 fully saturated rings. The quantitative estimate of drug-likeness (QED) is 0.708. The number of hydrogen-bond acceptors (Lipinski definition) is 2. The molecular formula is C14H6Cl2F2N2. The molecule has 2 rings (SSSR count). The summed E-state index contributed by atoms with van der Waals surface area (Å²) in [5.41, 5.74) is 0.201. The van der Waals surface area contributed by atoms with Crippen molar-refractivity contribution in [3.05, 3.63) is 69.2 Å². The normalized spacial score (nSPS) is 8.90. The molecule has 0 N–H and O–H groups in total. The molecule has 100 valence electrons. The fourth-order valence-electron chi connectivity index (χ4n) is 1.18. The molecule has 0 aromatic heterocycles. The van der Waals surface area contributed by atoms with Gasteiger partial charge in [-0.25, -0.2) is 8.78 Å². The number of nitrogens with zero attached hydrogens (tertiary/aromatic N) is 2. The summed E-state index contributed by atoms with van der Waals surface area (Å²) in [5.74, 6) is -1.49. The Morgan fingerprint density at radius 2 is 1.50 bits per heavy atom. The molecule has 6 heteroatoms. The first-order chi connectivity index (χ1) is 9.49. The average molecular weight is 311 g/mol. The molecule has 0 radical (unpaired) electrons. The van der Waals surface area contributed by atoms with Crippen molar-refractivity contribution in [1.82, 2.24) is 0 Å². The SMILES string of the molecule is N#Cc1c(Cl)cccc1Cl.N#Cc1ccc(F)cc1F. The summed E-state index contributed by atoms with van der Waals surface area (Å²) in [6.45, 7) is 0. The van der Waals surface area contributed by atoms with Crippen LogP contribution < -0.4 is 0 Å². The van der Waals surface area contributed by atoms with E-state index in [4.69, 9.17) is 33.7 Å². The van der Waals surface area contributed by atoms with Crippen molar-refractivity contribution in [2.75, 3.05) is 0 Å². The van der Waals surface area contributed by atoms with Gasteiger partial charge in [-0.1, -0.05) is 29.3 Å². The number of halogens is 4. The summed E-state index contributed by atoms with van der Waals surface area (Å²) in [5, 5.41) is 17.5. The molecule has 0 unspecified atom stereocenters. The summed E-state index contributed by atoms with van der Waals surface area (Å²) < 4.78 is 24.5. The maximum atomic E-state index is 12.4. The van der Waals surface area contributed by atoms with Crippen molar-refractivity contribution in [1.29, 1.82) is 10.5 Å². The zero-order chi connectivity index (χ0) is 15.1. The van der Waals surface area contributed by atoms with E-state index in [0.717, 1.165) is 12.1 Å². The third-order valence-electron chi connectivity index (χ3n) is 2.13. The van der Waals surface area contributed by atoms with Gasteiger partial charge in [0.25, 0.3) is 0 Å². The molecule has 0 heterocycles. The minimum absolute atomic E-state index is 0.138. The van der Waals surface area contributed by atoms with Gasteiger partial charge in [-0.05, 0) is 24.3 Å². The van der Waals surface area contributed by atoms with Crippen LogP contribution in [0.2, 0.25) is 10.0 Å². The first-order valence-corrected chi connectivity index (χ1v) is 5.94. The lowest BCUT2D eigenvalue weighted by Crippen LogP contribution is -1.83. The third kappa shape index (κ3) is 4.20. The van der Waals surface area contributed by atoms with E-state index in [9.17, 15) is 8.78 Å². The van der Waals surface area contributed by atoms with E-state index >= 15 is 0 Å². The summed E-state index contributed by atoms with van der Waals surface area (Å²) in [6, 6.07) is 11.3. The standard InChI is InChI=1S/C7H3Cl2N.C7H3F2N/c8-6-2-1-3-7(9)5(6)4-10;8-6-2-1-5(4-10)7(9)3-6/h2*1-3H. The van der Waals surface area contributed by atoms with Gasteiger partial charge in [0.1, 0.15) is 23.8 Å². The van der Waals surface area contributed by atoms with Crippen molar-refractivity contribution < 1.29 is 8.78 Å². The topological polar surface area (TPSA) is 47.6 Å². The summed E-state index contributed by atoms with van der Waals surface area (Å²) in [4.78, 5) is 0. The zero-order valence-corrected chi connectivity index (χ0v) is 11.4. The van der Waals surface area contributed by atoms with Gasteiger partial charge in [0, 0.05) is 6.07 Å². The predicted octanol–water partition coefficient (Wildman–Crippen LogP) is 4.70. The van der Waals surface area contributed by atoms with Gasteiger partial charge in [-0.3, -0.25) is 0 Å². The molecular weight excluding hydrogens is 305 g/mol. The van der Waals surface area contributed by atoms with Gasteiger partial charge in [0.05, 0.1) is 21.2 Å². The Morgan fingerprint density at radius 3 is 1.90 bits per heavy atom. The predicted molar refractivity (Wildman–Crippen MR) is 72.3 cm³/mol. The molecule has 2 aromatic rings. The van der Waals surface area contributed by atoms with Gasteiger partial charge in [-0.15, -0.1) is 0 Å². The molecule has 0 aliphatic heterocycles. The van der Waals surface area contributed by atoms with Crippen LogP contribution in [0.15, 0.2) is 36.4 Å². The van der Waals surface area contributed by atoms with Crippen LogP contribution in [0, 0.1) is 34.3 Å². The van der Waals surface area contributed by atoms with Crippen molar-refractivity contribution in [2.45, 2.75) is 0 Å². The lowest BCUT2D eigenvalue weighted by Gasteiger charge is -1.94. The highest BCUT2D eigenvalue weighted by atomic mass is 35.5. The molecule has 0 amide bonds. The second-order valence-corrected chi connectivity index (χ2v) is 4.26. The van der Waals surface area contributed by atoms with E-state index in [-0.39, 0.29) is 5.56 Å². The monoisotopic (exact) mass is 310 g/mol. The maximum Gasteiger partial charge on any atom is 0.143 e. The number of nitriles is 2. The summed E-state index contributed by atoms with van der Waals surface area (Å²) in [6.07, 6.45) is 0. The van der Waals surface area contributed by atoms with Crippen LogP contribution in [0.3, 0.4) is 0 Å². The first kappa shape index (κ1) is 15.9. The van der Waals surface area contributed by atoms with Crippen LogP contribution in [-0.4, -0.2) is 0 Å². The highest BCUT2D eigenvalue weighted by Gasteiger charge is 2.01. The molecule has 0 saturated carbocycles. The van der Waals surface area contributed by atoms with Crippen molar-refractivity contribution >= 4 is 23.2 Å². The molecule has 0 spiro atoms. The Kier molecular flexibility index (Phi) is 5.93. The van der Waals surface area contributed by atoms with Crippen LogP contribution in [-0.2, 0) is 0 Å². The third-order valence-corrected chi connectivity index (χ3v) is 2.76. The van der Waals surface area contributed by atoms with Gasteiger partial charge in [0.15, 0.2) is 0 Å². The molecule has 0 aliphatic rings. The fraction of sp³-hybridized carbons (Fsp3) is 0. The Hall–Kier alpha value is -2.14. The number of rotatable bonds is 0. The van der Waals surface area contributed by atoms with Crippen molar-refractivity contribution in [2.24, 2.45) is 0 Å². The largest absolute Gasteiger partial charge is 0.207 e. The first-order valence-electron chi connectivity index (χ1n) is 5.19. The van der Waals surface area contributed by atoms with E-state index in [1.165, 1.54) is 0 Å². The number of hydrogen-bond donors (Lipinski definition) is 0. The van der Waals surface area contributed by atoms with E-state index < -0.39 is 11.6 Å². The Morgan fingerprint density at radius 1 is 0.900 bits per heavy atom. The molecule has 0 atom stereocenters. The minimum atomic E-state index is -0.817. The van der Waals surface area contributed by atoms with Crippen molar-refractivity contribution in [3.63, 3.8) is 0 Å². The molecule has 20 heavy (non-hydrogen) atoms. The fourth-order valence-corrected chi connectivity index (χ4v) is 1.67. The zero-order valence-electron chi connectivity index (χ0n) is 9.87. The van der Waals surface area contributed by atoms with Crippen LogP contribution in [0.4, 0.5) is 8.78 Å². The van der Waals surface area contributed by atoms with E-state index in [1.54, 1.807) is 24.3 Å². The van der Waals surface area contributed by atoms with E-state index in [2.05, 4.69) is 0 Å². The Balaban J connectivity index is 0.000000200. The van der Waals surface area contributed by atoms with Crippen LogP contribution in [0.1, 0.15) is 11.1 Å². The molecule has 2 nitrogen and oxygen atoms in total. The average Bonchev–Trinajstić information content (AvgIpc) is 2.40. The summed E-state index contributed by atoms with van der Waals surface area (Å²) >= 11 is 11.2. The Bertz CT molecular complexity index is 683. The van der Waals surface area contributed by atoms with Gasteiger partial charge in [0.2, 0.25) is 0 Å². The van der Waals surface area contributed by atoms with Crippen molar-refractivity contribution in [3.8, 4) is 12.1 Å². The van der Waals surface area contributed by atoms with E-state index in [1.807, 2.05) is 6.07 Å². The second kappa shape index (κ2) is 7.45. The van der Waals surface area contributed by atoms with Gasteiger partial charge < -0.3 is 0 Å². The molecule has 2 aromatic carbocycles. The number of benzene rings is 2. The van der Waals surface area contributed by atoms with Crippen LogP contribution >= 0.6 is 23.2 Å². The smallest absolute Gasteiger partial charge is 0.143 e. The van der Waals surface area contributed by atoms with Crippen LogP contribution in [0.25, 0.3) is 0 Å². The lowest BCUT2D eigenvalue weighted by molar-refractivity contribution is 0.581. The van der Waals surface area contributed by atoms with E-state index in [0.29, 0.717) is 21.7 Å². The second-order valence-electron chi connectivity index (χ2n) is 3.44.